The summed E-state index contributed by atoms with van der Waals surface area (Å²) < 4.78 is 185. The Morgan fingerprint density at radius 3 is 1.79 bits per heavy atom. The number of aromatic nitrogens is 3. The van der Waals surface area contributed by atoms with Crippen molar-refractivity contribution >= 4 is 11.0 Å². The maximum absolute atomic E-state index is 13.1. The molecule has 68 heavy (non-hydrogen) atoms. The van der Waals surface area contributed by atoms with Gasteiger partial charge in [0, 0.05) is 72.9 Å². The van der Waals surface area contributed by atoms with Crippen LogP contribution in [-0.2, 0) is 31.9 Å². The molecule has 0 bridgehead atoms. The topological polar surface area (TPSA) is 50.9 Å². The molecule has 5 heteroatoms. The first-order chi connectivity index (χ1) is 41.0. The zero-order valence-corrected chi connectivity index (χ0v) is 38.4. The molecule has 2 heterocycles. The van der Waals surface area contributed by atoms with Gasteiger partial charge in [-0.05, 0) is 87.0 Å². The molecule has 0 aliphatic carbocycles. The number of nitrogens with zero attached hydrogens (tertiary/aromatic N) is 3. The van der Waals surface area contributed by atoms with Crippen LogP contribution in [0.1, 0.15) is 86.6 Å². The molecule has 0 amide bonds. The maximum atomic E-state index is 13.1. The molecule has 10 aromatic rings. The van der Waals surface area contributed by atoms with Crippen molar-refractivity contribution < 1.29 is 55.0 Å². The number of aromatic hydroxyl groups is 1. The molecule has 0 saturated carbocycles. The van der Waals surface area contributed by atoms with E-state index in [2.05, 4.69) is 6.07 Å². The van der Waals surface area contributed by atoms with Crippen LogP contribution in [0, 0.1) is 12.9 Å². The Bertz CT molecular complexity index is 4150. The summed E-state index contributed by atoms with van der Waals surface area (Å²) in [6.07, 6.45) is 1.67. The molecule has 4 nitrogen and oxygen atoms in total. The zero-order valence-electron chi connectivity index (χ0n) is 57.1. The van der Waals surface area contributed by atoms with E-state index in [4.69, 9.17) is 38.8 Å². The maximum Gasteiger partial charge on any atom is 0.148 e. The van der Waals surface area contributed by atoms with Crippen molar-refractivity contribution in [2.45, 2.75) is 58.8 Å². The molecule has 0 fully saturated rings. The van der Waals surface area contributed by atoms with Crippen LogP contribution in [0.3, 0.4) is 0 Å². The van der Waals surface area contributed by atoms with Gasteiger partial charge in [-0.25, -0.2) is 4.98 Å². The largest absolute Gasteiger partial charge is 0.507 e. The van der Waals surface area contributed by atoms with Crippen LogP contribution in [0.25, 0.3) is 95.0 Å². The van der Waals surface area contributed by atoms with E-state index >= 15 is 0 Å². The van der Waals surface area contributed by atoms with Crippen LogP contribution in [0.4, 0.5) is 0 Å². The number of hydrogen-bond donors (Lipinski definition) is 1. The third kappa shape index (κ3) is 9.02. The van der Waals surface area contributed by atoms with E-state index in [1.165, 1.54) is 22.8 Å². The normalized spacial score (nSPS) is 17.6. The minimum atomic E-state index is -4.22. The molecule has 0 aliphatic heterocycles. The molecule has 0 unspecified atom stereocenters. The third-order valence-electron chi connectivity index (χ3n) is 11.8. The molecule has 338 valence electrons. The van der Waals surface area contributed by atoms with Crippen molar-refractivity contribution in [2.75, 3.05) is 0 Å². The van der Waals surface area contributed by atoms with E-state index in [0.717, 1.165) is 27.8 Å². The molecule has 1 N–H and O–H groups in total. The Morgan fingerprint density at radius 2 is 1.13 bits per heavy atom. The molecule has 0 spiro atoms. The number of rotatable bonds is 8. The van der Waals surface area contributed by atoms with Crippen LogP contribution in [0.5, 0.6) is 5.75 Å². The number of para-hydroxylation sites is 1. The second kappa shape index (κ2) is 18.5. The average Bonchev–Trinajstić information content (AvgIpc) is 1.09. The van der Waals surface area contributed by atoms with Crippen LogP contribution in [0.2, 0.25) is 0 Å². The number of phenolic OH excluding ortho intramolecular Hbond substituents is 1. The fraction of sp³-hybridized carbons (Fsp3) is 0.143. The van der Waals surface area contributed by atoms with Crippen molar-refractivity contribution in [1.82, 2.24) is 14.5 Å². The molecule has 0 saturated heterocycles. The van der Waals surface area contributed by atoms with E-state index in [1.54, 1.807) is 54.7 Å². The van der Waals surface area contributed by atoms with Crippen molar-refractivity contribution in [2.24, 2.45) is 0 Å². The summed E-state index contributed by atoms with van der Waals surface area (Å²) >= 11 is 0. The number of hydrogen-bond acceptors (Lipinski definition) is 3. The number of imidazole rings is 1. The number of pyridine rings is 1. The predicted octanol–water partition coefficient (Wildman–Crippen LogP) is 16.5. The summed E-state index contributed by atoms with van der Waals surface area (Å²) in [5, 5.41) is 13.1. The SMILES string of the molecule is [2H]C([2H])([2H])c1ccc(-n2c(-c3cc(C(C([2H])([2H])[2H])(C([2H])([2H])[2H])C([2H])([2H])[2H])cc(C(C([2H])([2H])[2H])(C([2H])([2H])[2H])C([2H])([2H])[2H])c3O)nc3c(-c4[c-]c(-c5cc(-c6ccc(-c7ccccc7)cc6)ccn5)cc(-c5ccccc5)c4)cccc32)c(-c2ccccc2)c1.[Pt]. The molecular weight excluding hydrogens is 1010 g/mol. The molecule has 10 rings (SSSR count). The second-order valence-corrected chi connectivity index (χ2v) is 16.4. The van der Waals surface area contributed by atoms with Crippen LogP contribution in [0.15, 0.2) is 194 Å². The number of phenols is 1. The molecule has 0 aliphatic rings. The van der Waals surface area contributed by atoms with E-state index in [-0.39, 0.29) is 55.0 Å². The average molecular weight is 1090 g/mol. The van der Waals surface area contributed by atoms with Gasteiger partial charge < -0.3 is 5.11 Å². The Balaban J connectivity index is 0.00000941. The van der Waals surface area contributed by atoms with Crippen molar-refractivity contribution in [3.05, 3.63) is 217 Å². The first-order valence-electron chi connectivity index (χ1n) is 31.9. The van der Waals surface area contributed by atoms with E-state index < -0.39 is 87.1 Å². The van der Waals surface area contributed by atoms with Gasteiger partial charge in [-0.2, -0.15) is 0 Å². The van der Waals surface area contributed by atoms with Gasteiger partial charge in [-0.1, -0.05) is 209 Å². The number of fused-ring (bicyclic) bond motifs is 1. The number of benzene rings is 8. The van der Waals surface area contributed by atoms with Gasteiger partial charge in [-0.3, -0.25) is 9.55 Å². The van der Waals surface area contributed by atoms with Crippen LogP contribution < -0.4 is 0 Å². The molecule has 2 aromatic heterocycles. The molecular formula is C63H54N3OPt-. The monoisotopic (exact) mass is 1080 g/mol. The van der Waals surface area contributed by atoms with Crippen LogP contribution in [-0.4, -0.2) is 19.6 Å². The Hall–Kier alpha value is -7.13. The van der Waals surface area contributed by atoms with Gasteiger partial charge in [0.1, 0.15) is 11.6 Å². The summed E-state index contributed by atoms with van der Waals surface area (Å²) in [7, 11) is 0. The quantitative estimate of drug-likeness (QED) is 0.154. The van der Waals surface area contributed by atoms with Gasteiger partial charge in [0.25, 0.3) is 0 Å². The molecule has 0 atom stereocenters. The van der Waals surface area contributed by atoms with Gasteiger partial charge in [0.2, 0.25) is 0 Å². The number of aryl methyl sites for hydroxylation is 1. The van der Waals surface area contributed by atoms with Gasteiger partial charge in [0.05, 0.1) is 22.3 Å². The van der Waals surface area contributed by atoms with E-state index in [1.807, 2.05) is 109 Å². The fourth-order valence-corrected chi connectivity index (χ4v) is 8.52. The third-order valence-corrected chi connectivity index (χ3v) is 11.8. The molecule has 0 radical (unpaired) electrons. The summed E-state index contributed by atoms with van der Waals surface area (Å²) in [5.41, 5.74) is -4.54. The van der Waals surface area contributed by atoms with Crippen molar-refractivity contribution in [3.8, 4) is 89.7 Å². The van der Waals surface area contributed by atoms with Crippen LogP contribution >= 0.6 is 0 Å². The first kappa shape index (κ1) is 27.0. The summed E-state index contributed by atoms with van der Waals surface area (Å²) in [6, 6.07) is 56.5. The summed E-state index contributed by atoms with van der Waals surface area (Å²) in [4.78, 5) is 9.92. The standard InChI is InChI=1S/C63H54N3O.Pt/c1-41-26-31-57(53(34-41)46-22-15-10-16-23-46)66-58-25-17-24-52(59(58)65-61(66)54-39-51(62(2,3)4)40-55(60(54)67)63(5,6)7)49-35-48(43-20-13-9-14-21-43)36-50(37-49)56-38-47(32-33-64-56)45-29-27-44(28-30-45)42-18-11-8-12-19-42;/h8-36,38-40,67H,1-7H3;/q-1;/i1D3,2D3,3D3,4D3,5D3,6D3,7D3;. The van der Waals surface area contributed by atoms with E-state index in [9.17, 15) is 5.11 Å². The summed E-state index contributed by atoms with van der Waals surface area (Å²) in [5.74, 6) is -2.03. The van der Waals surface area contributed by atoms with Gasteiger partial charge in [0.15, 0.2) is 0 Å². The fourth-order valence-electron chi connectivity index (χ4n) is 8.52. The van der Waals surface area contributed by atoms with Gasteiger partial charge in [-0.15, -0.1) is 23.8 Å². The predicted molar refractivity (Wildman–Crippen MR) is 280 cm³/mol. The van der Waals surface area contributed by atoms with E-state index in [0.29, 0.717) is 39.6 Å². The smallest absolute Gasteiger partial charge is 0.148 e. The Kier molecular flexibility index (Phi) is 7.35. The van der Waals surface area contributed by atoms with Crippen molar-refractivity contribution in [1.29, 1.82) is 0 Å². The van der Waals surface area contributed by atoms with Crippen molar-refractivity contribution in [3.63, 3.8) is 0 Å². The zero-order chi connectivity index (χ0) is 64.0. The second-order valence-electron chi connectivity index (χ2n) is 16.4. The Morgan fingerprint density at radius 1 is 0.515 bits per heavy atom. The first-order valence-corrected chi connectivity index (χ1v) is 21.4. The Labute approximate surface area is 444 Å². The minimum Gasteiger partial charge on any atom is -0.507 e. The minimum absolute atomic E-state index is 0. The molecule has 8 aromatic carbocycles. The van der Waals surface area contributed by atoms with Gasteiger partial charge >= 0.3 is 0 Å². The summed E-state index contributed by atoms with van der Waals surface area (Å²) in [6.45, 7) is -27.6.